The summed E-state index contributed by atoms with van der Waals surface area (Å²) in [5, 5.41) is 6.09. The van der Waals surface area contributed by atoms with Crippen LogP contribution in [-0.2, 0) is 4.79 Å². The van der Waals surface area contributed by atoms with Crippen LogP contribution in [0.1, 0.15) is 42.1 Å². The Bertz CT molecular complexity index is 1050. The standard InChI is InChI=1S/C24H26N4O3/c1-16(29)26-19-10-8-17(9-11-19)22-21(24(30)28(2)20-6-4-3-5-7-20)27-23(31-22)18-12-14-25-15-13-18/h3-11,18,25H,12-15H2,1-2H3,(H,26,29). The Morgan fingerprint density at radius 3 is 2.39 bits per heavy atom. The molecule has 160 valence electrons. The number of hydrogen-bond donors (Lipinski definition) is 2. The summed E-state index contributed by atoms with van der Waals surface area (Å²) in [5.41, 5.74) is 2.51. The Balaban J connectivity index is 1.71. The van der Waals surface area contributed by atoms with E-state index in [2.05, 4.69) is 15.6 Å². The van der Waals surface area contributed by atoms with Gasteiger partial charge in [0.2, 0.25) is 5.91 Å². The van der Waals surface area contributed by atoms with E-state index in [1.807, 2.05) is 42.5 Å². The Morgan fingerprint density at radius 1 is 1.06 bits per heavy atom. The minimum Gasteiger partial charge on any atom is -0.440 e. The van der Waals surface area contributed by atoms with Crippen LogP contribution >= 0.6 is 0 Å². The zero-order chi connectivity index (χ0) is 21.8. The lowest BCUT2D eigenvalue weighted by Crippen LogP contribution is -2.28. The van der Waals surface area contributed by atoms with Crippen molar-refractivity contribution in [2.45, 2.75) is 25.7 Å². The first-order valence-corrected chi connectivity index (χ1v) is 10.5. The summed E-state index contributed by atoms with van der Waals surface area (Å²) in [4.78, 5) is 30.9. The first-order chi connectivity index (χ1) is 15.0. The lowest BCUT2D eigenvalue weighted by atomic mass is 9.98. The van der Waals surface area contributed by atoms with Crippen molar-refractivity contribution in [3.8, 4) is 11.3 Å². The van der Waals surface area contributed by atoms with E-state index < -0.39 is 0 Å². The number of aromatic nitrogens is 1. The lowest BCUT2D eigenvalue weighted by molar-refractivity contribution is -0.114. The normalized spacial score (nSPS) is 14.3. The maximum Gasteiger partial charge on any atom is 0.280 e. The second-order valence-electron chi connectivity index (χ2n) is 7.71. The number of hydrogen-bond acceptors (Lipinski definition) is 5. The predicted molar refractivity (Wildman–Crippen MR) is 120 cm³/mol. The summed E-state index contributed by atoms with van der Waals surface area (Å²) in [7, 11) is 1.74. The average molecular weight is 418 g/mol. The minimum atomic E-state index is -0.226. The first-order valence-electron chi connectivity index (χ1n) is 10.5. The van der Waals surface area contributed by atoms with Crippen LogP contribution in [0.15, 0.2) is 59.0 Å². The third-order valence-corrected chi connectivity index (χ3v) is 5.45. The smallest absolute Gasteiger partial charge is 0.280 e. The number of carbonyl (C=O) groups excluding carboxylic acids is 2. The largest absolute Gasteiger partial charge is 0.440 e. The number of nitrogens with one attached hydrogen (secondary N) is 2. The molecule has 2 amide bonds. The van der Waals surface area contributed by atoms with Crippen molar-refractivity contribution >= 4 is 23.2 Å². The quantitative estimate of drug-likeness (QED) is 0.653. The molecule has 7 nitrogen and oxygen atoms in total. The van der Waals surface area contributed by atoms with E-state index in [1.54, 1.807) is 24.1 Å². The highest BCUT2D eigenvalue weighted by Gasteiger charge is 2.28. The summed E-state index contributed by atoms with van der Waals surface area (Å²) in [6.07, 6.45) is 1.84. The molecule has 3 aromatic rings. The van der Waals surface area contributed by atoms with E-state index in [-0.39, 0.29) is 17.7 Å². The van der Waals surface area contributed by atoms with Gasteiger partial charge in [0, 0.05) is 36.8 Å². The number of oxazole rings is 1. The van der Waals surface area contributed by atoms with Crippen molar-refractivity contribution in [1.82, 2.24) is 10.3 Å². The molecule has 1 aliphatic rings. The van der Waals surface area contributed by atoms with Crippen LogP contribution < -0.4 is 15.5 Å². The van der Waals surface area contributed by atoms with E-state index in [9.17, 15) is 9.59 Å². The van der Waals surface area contributed by atoms with Crippen LogP contribution in [-0.4, -0.2) is 36.9 Å². The highest BCUT2D eigenvalue weighted by atomic mass is 16.4. The third kappa shape index (κ3) is 4.67. The van der Waals surface area contributed by atoms with Gasteiger partial charge >= 0.3 is 0 Å². The zero-order valence-electron chi connectivity index (χ0n) is 17.7. The van der Waals surface area contributed by atoms with Gasteiger partial charge in [0.15, 0.2) is 17.3 Å². The molecular weight excluding hydrogens is 392 g/mol. The predicted octanol–water partition coefficient (Wildman–Crippen LogP) is 4.04. The number of amides is 2. The van der Waals surface area contributed by atoms with Crippen LogP contribution in [0.3, 0.4) is 0 Å². The minimum absolute atomic E-state index is 0.138. The highest BCUT2D eigenvalue weighted by molar-refractivity contribution is 6.07. The maximum absolute atomic E-state index is 13.4. The van der Waals surface area contributed by atoms with Gasteiger partial charge in [-0.2, -0.15) is 0 Å². The van der Waals surface area contributed by atoms with Gasteiger partial charge in [-0.05, 0) is 62.3 Å². The number of anilines is 2. The fourth-order valence-electron chi connectivity index (χ4n) is 3.76. The van der Waals surface area contributed by atoms with Gasteiger partial charge in [0.1, 0.15) is 0 Å². The van der Waals surface area contributed by atoms with E-state index in [1.165, 1.54) is 6.92 Å². The van der Waals surface area contributed by atoms with E-state index in [0.717, 1.165) is 37.2 Å². The molecule has 2 aromatic carbocycles. The molecule has 1 fully saturated rings. The Labute approximate surface area is 181 Å². The first kappa shape index (κ1) is 20.8. The van der Waals surface area contributed by atoms with E-state index >= 15 is 0 Å². The number of carbonyl (C=O) groups is 2. The van der Waals surface area contributed by atoms with Crippen molar-refractivity contribution < 1.29 is 14.0 Å². The maximum atomic E-state index is 13.4. The van der Waals surface area contributed by atoms with Crippen LogP contribution in [0.4, 0.5) is 11.4 Å². The Morgan fingerprint density at radius 2 is 1.74 bits per heavy atom. The molecule has 4 rings (SSSR count). The summed E-state index contributed by atoms with van der Waals surface area (Å²) in [5.74, 6) is 0.877. The molecule has 31 heavy (non-hydrogen) atoms. The fraction of sp³-hybridized carbons (Fsp3) is 0.292. The Hall–Kier alpha value is -3.45. The van der Waals surface area contributed by atoms with Crippen molar-refractivity contribution in [3.63, 3.8) is 0 Å². The van der Waals surface area contributed by atoms with Gasteiger partial charge in [0.05, 0.1) is 0 Å². The summed E-state index contributed by atoms with van der Waals surface area (Å²) in [6.45, 7) is 3.27. The van der Waals surface area contributed by atoms with Gasteiger partial charge in [-0.3, -0.25) is 9.59 Å². The second-order valence-corrected chi connectivity index (χ2v) is 7.71. The summed E-state index contributed by atoms with van der Waals surface area (Å²) >= 11 is 0. The SMILES string of the molecule is CC(=O)Nc1ccc(-c2oc(C3CCNCC3)nc2C(=O)N(C)c2ccccc2)cc1. The summed E-state index contributed by atoms with van der Waals surface area (Å²) in [6, 6.07) is 16.7. The van der Waals surface area contributed by atoms with Crippen LogP contribution in [0.5, 0.6) is 0 Å². The molecule has 2 heterocycles. The molecule has 0 spiro atoms. The van der Waals surface area contributed by atoms with Crippen LogP contribution in [0, 0.1) is 0 Å². The van der Waals surface area contributed by atoms with Crippen LogP contribution in [0.25, 0.3) is 11.3 Å². The molecule has 1 aliphatic heterocycles. The molecule has 0 saturated carbocycles. The molecule has 0 unspecified atom stereocenters. The molecule has 7 heteroatoms. The van der Waals surface area contributed by atoms with Gasteiger partial charge in [0.25, 0.3) is 5.91 Å². The molecule has 1 aromatic heterocycles. The van der Waals surface area contributed by atoms with Crippen LogP contribution in [0.2, 0.25) is 0 Å². The number of rotatable bonds is 5. The Kier molecular flexibility index (Phi) is 6.13. The molecule has 0 atom stereocenters. The molecular formula is C24H26N4O3. The average Bonchev–Trinajstić information content (AvgIpc) is 3.25. The van der Waals surface area contributed by atoms with Crippen molar-refractivity contribution in [2.75, 3.05) is 30.4 Å². The highest BCUT2D eigenvalue weighted by Crippen LogP contribution is 2.33. The molecule has 1 saturated heterocycles. The van der Waals surface area contributed by atoms with Gasteiger partial charge in [-0.15, -0.1) is 0 Å². The summed E-state index contributed by atoms with van der Waals surface area (Å²) < 4.78 is 6.19. The van der Waals surface area contributed by atoms with Crippen molar-refractivity contribution in [1.29, 1.82) is 0 Å². The molecule has 0 radical (unpaired) electrons. The van der Waals surface area contributed by atoms with Gasteiger partial charge in [-0.1, -0.05) is 18.2 Å². The molecule has 0 aliphatic carbocycles. The van der Waals surface area contributed by atoms with E-state index in [4.69, 9.17) is 4.42 Å². The zero-order valence-corrected chi connectivity index (χ0v) is 17.7. The topological polar surface area (TPSA) is 87.5 Å². The monoisotopic (exact) mass is 418 g/mol. The third-order valence-electron chi connectivity index (χ3n) is 5.45. The van der Waals surface area contributed by atoms with E-state index in [0.29, 0.717) is 23.0 Å². The number of para-hydroxylation sites is 1. The number of nitrogens with zero attached hydrogens (tertiary/aromatic N) is 2. The molecule has 2 N–H and O–H groups in total. The fourth-order valence-corrected chi connectivity index (χ4v) is 3.76. The van der Waals surface area contributed by atoms with Crippen molar-refractivity contribution in [3.05, 3.63) is 66.2 Å². The lowest BCUT2D eigenvalue weighted by Gasteiger charge is -2.19. The van der Waals surface area contributed by atoms with Crippen molar-refractivity contribution in [2.24, 2.45) is 0 Å². The van der Waals surface area contributed by atoms with Gasteiger partial charge in [-0.25, -0.2) is 4.98 Å². The molecule has 0 bridgehead atoms. The number of benzene rings is 2. The van der Waals surface area contributed by atoms with Gasteiger partial charge < -0.3 is 20.0 Å². The number of piperidine rings is 1. The second kappa shape index (κ2) is 9.14.